The maximum absolute atomic E-state index is 5.53. The van der Waals surface area contributed by atoms with Crippen LogP contribution in [0.3, 0.4) is 0 Å². The van der Waals surface area contributed by atoms with E-state index in [1.807, 2.05) is 0 Å². The molecular weight excluding hydrogens is 238 g/mol. The summed E-state index contributed by atoms with van der Waals surface area (Å²) in [5.41, 5.74) is -0.0914. The van der Waals surface area contributed by atoms with Crippen molar-refractivity contribution in [3.05, 3.63) is 11.7 Å². The first kappa shape index (κ1) is 13.1. The molecule has 1 saturated heterocycles. The highest BCUT2D eigenvalue weighted by atomic mass is 16.5. The summed E-state index contributed by atoms with van der Waals surface area (Å²) in [6.07, 6.45) is 8.68. The van der Waals surface area contributed by atoms with E-state index in [1.54, 1.807) is 0 Å². The molecule has 19 heavy (non-hydrogen) atoms. The lowest BCUT2D eigenvalue weighted by molar-refractivity contribution is 0.269. The average molecular weight is 263 g/mol. The van der Waals surface area contributed by atoms with Crippen molar-refractivity contribution in [1.29, 1.82) is 0 Å². The van der Waals surface area contributed by atoms with Gasteiger partial charge in [0, 0.05) is 5.92 Å². The number of nitrogens with one attached hydrogen (secondary N) is 1. The van der Waals surface area contributed by atoms with E-state index in [1.165, 1.54) is 38.5 Å². The summed E-state index contributed by atoms with van der Waals surface area (Å²) in [6, 6.07) is 0. The van der Waals surface area contributed by atoms with E-state index in [2.05, 4.69) is 24.3 Å². The summed E-state index contributed by atoms with van der Waals surface area (Å²) >= 11 is 0. The minimum Gasteiger partial charge on any atom is -0.337 e. The Morgan fingerprint density at radius 1 is 1.32 bits per heavy atom. The van der Waals surface area contributed by atoms with Gasteiger partial charge in [-0.1, -0.05) is 18.5 Å². The zero-order valence-electron chi connectivity index (χ0n) is 12.1. The van der Waals surface area contributed by atoms with Gasteiger partial charge in [0.2, 0.25) is 5.89 Å². The highest BCUT2D eigenvalue weighted by Gasteiger charge is 2.36. The van der Waals surface area contributed by atoms with Gasteiger partial charge in [-0.3, -0.25) is 0 Å². The first-order valence-corrected chi connectivity index (χ1v) is 7.80. The summed E-state index contributed by atoms with van der Waals surface area (Å²) in [5, 5.41) is 7.74. The average Bonchev–Trinajstić information content (AvgIpc) is 3.08. The molecule has 2 aliphatic rings. The fourth-order valence-electron chi connectivity index (χ4n) is 3.53. The standard InChI is InChI=1S/C15H25N3O/c1-3-11-5-7-12(8-6-11)13-17-14(19-18-13)15(2)9-4-10-16-15/h11-12,16H,3-10H2,1-2H3. The molecule has 4 heteroatoms. The van der Waals surface area contributed by atoms with Gasteiger partial charge in [-0.15, -0.1) is 0 Å². The Morgan fingerprint density at radius 3 is 2.74 bits per heavy atom. The third-order valence-corrected chi connectivity index (χ3v) is 5.07. The van der Waals surface area contributed by atoms with E-state index >= 15 is 0 Å². The van der Waals surface area contributed by atoms with Gasteiger partial charge >= 0.3 is 0 Å². The van der Waals surface area contributed by atoms with Crippen LogP contribution in [0.4, 0.5) is 0 Å². The highest BCUT2D eigenvalue weighted by molar-refractivity contribution is 5.07. The molecule has 2 fully saturated rings. The van der Waals surface area contributed by atoms with Crippen LogP contribution in [0.5, 0.6) is 0 Å². The number of rotatable bonds is 3. The molecule has 1 aromatic heterocycles. The highest BCUT2D eigenvalue weighted by Crippen LogP contribution is 2.37. The molecule has 4 nitrogen and oxygen atoms in total. The third-order valence-electron chi connectivity index (χ3n) is 5.07. The molecule has 1 atom stereocenters. The molecule has 3 rings (SSSR count). The van der Waals surface area contributed by atoms with E-state index in [0.29, 0.717) is 5.92 Å². The predicted molar refractivity (Wildman–Crippen MR) is 73.9 cm³/mol. The molecule has 0 amide bonds. The lowest BCUT2D eigenvalue weighted by atomic mass is 9.80. The van der Waals surface area contributed by atoms with Gasteiger partial charge in [-0.2, -0.15) is 4.98 Å². The summed E-state index contributed by atoms with van der Waals surface area (Å²) in [7, 11) is 0. The minimum absolute atomic E-state index is 0.0914. The van der Waals surface area contributed by atoms with Crippen molar-refractivity contribution in [1.82, 2.24) is 15.5 Å². The van der Waals surface area contributed by atoms with E-state index in [-0.39, 0.29) is 5.54 Å². The van der Waals surface area contributed by atoms with E-state index in [0.717, 1.165) is 30.6 Å². The summed E-state index contributed by atoms with van der Waals surface area (Å²) in [5.74, 6) is 3.17. The molecule has 0 aromatic carbocycles. The lowest BCUT2D eigenvalue weighted by Crippen LogP contribution is -2.33. The fraction of sp³-hybridized carbons (Fsp3) is 0.867. The van der Waals surface area contributed by atoms with Crippen LogP contribution in [0.1, 0.15) is 76.4 Å². The van der Waals surface area contributed by atoms with Crippen LogP contribution in [-0.2, 0) is 5.54 Å². The van der Waals surface area contributed by atoms with Gasteiger partial charge in [0.05, 0.1) is 5.54 Å². The Labute approximate surface area is 115 Å². The third kappa shape index (κ3) is 2.55. The smallest absolute Gasteiger partial charge is 0.246 e. The quantitative estimate of drug-likeness (QED) is 0.908. The normalized spacial score (nSPS) is 35.7. The maximum atomic E-state index is 5.53. The molecular formula is C15H25N3O. The zero-order chi connectivity index (χ0) is 13.3. The number of hydrogen-bond acceptors (Lipinski definition) is 4. The molecule has 0 radical (unpaired) electrons. The molecule has 2 heterocycles. The number of aromatic nitrogens is 2. The molecule has 0 spiro atoms. The molecule has 106 valence electrons. The SMILES string of the molecule is CCC1CCC(c2noc(C3(C)CCCN3)n2)CC1. The fourth-order valence-corrected chi connectivity index (χ4v) is 3.53. The van der Waals surface area contributed by atoms with Gasteiger partial charge < -0.3 is 9.84 Å². The van der Waals surface area contributed by atoms with Gasteiger partial charge in [0.25, 0.3) is 0 Å². The van der Waals surface area contributed by atoms with Crippen molar-refractivity contribution in [2.75, 3.05) is 6.54 Å². The minimum atomic E-state index is -0.0914. The molecule has 0 bridgehead atoms. The first-order chi connectivity index (χ1) is 9.21. The Morgan fingerprint density at radius 2 is 2.11 bits per heavy atom. The van der Waals surface area contributed by atoms with Gasteiger partial charge in [-0.25, -0.2) is 0 Å². The molecule has 1 unspecified atom stereocenters. The van der Waals surface area contributed by atoms with Crippen molar-refractivity contribution >= 4 is 0 Å². The summed E-state index contributed by atoms with van der Waals surface area (Å²) in [4.78, 5) is 4.70. The Bertz CT molecular complexity index is 415. The Balaban J connectivity index is 1.68. The molecule has 1 aromatic rings. The monoisotopic (exact) mass is 263 g/mol. The van der Waals surface area contributed by atoms with E-state index < -0.39 is 0 Å². The van der Waals surface area contributed by atoms with Crippen LogP contribution in [-0.4, -0.2) is 16.7 Å². The van der Waals surface area contributed by atoms with Crippen LogP contribution in [0.15, 0.2) is 4.52 Å². The van der Waals surface area contributed by atoms with Crippen LogP contribution >= 0.6 is 0 Å². The van der Waals surface area contributed by atoms with Crippen molar-refractivity contribution in [3.63, 3.8) is 0 Å². The van der Waals surface area contributed by atoms with Gasteiger partial charge in [0.1, 0.15) is 0 Å². The second-order valence-electron chi connectivity index (χ2n) is 6.45. The van der Waals surface area contributed by atoms with Crippen LogP contribution < -0.4 is 5.32 Å². The maximum Gasteiger partial charge on any atom is 0.246 e. The molecule has 1 N–H and O–H groups in total. The van der Waals surface area contributed by atoms with Crippen LogP contribution in [0.25, 0.3) is 0 Å². The van der Waals surface area contributed by atoms with Crippen molar-refractivity contribution in [3.8, 4) is 0 Å². The van der Waals surface area contributed by atoms with Crippen molar-refractivity contribution in [2.45, 2.75) is 70.3 Å². The summed E-state index contributed by atoms with van der Waals surface area (Å²) < 4.78 is 5.53. The second-order valence-corrected chi connectivity index (χ2v) is 6.45. The Hall–Kier alpha value is -0.900. The molecule has 1 aliphatic heterocycles. The van der Waals surface area contributed by atoms with E-state index in [4.69, 9.17) is 9.51 Å². The van der Waals surface area contributed by atoms with Gasteiger partial charge in [0.15, 0.2) is 5.82 Å². The lowest BCUT2D eigenvalue weighted by Gasteiger charge is -2.25. The number of hydrogen-bond donors (Lipinski definition) is 1. The molecule has 1 saturated carbocycles. The summed E-state index contributed by atoms with van der Waals surface area (Å²) in [6.45, 7) is 5.52. The van der Waals surface area contributed by atoms with Crippen molar-refractivity contribution < 1.29 is 4.52 Å². The predicted octanol–water partition coefficient (Wildman–Crippen LogP) is 3.35. The van der Waals surface area contributed by atoms with Crippen molar-refractivity contribution in [2.24, 2.45) is 5.92 Å². The topological polar surface area (TPSA) is 51.0 Å². The first-order valence-electron chi connectivity index (χ1n) is 7.80. The van der Waals surface area contributed by atoms with E-state index in [9.17, 15) is 0 Å². The van der Waals surface area contributed by atoms with Gasteiger partial charge in [-0.05, 0) is 57.9 Å². The number of nitrogens with zero attached hydrogens (tertiary/aromatic N) is 2. The molecule has 1 aliphatic carbocycles. The van der Waals surface area contributed by atoms with Crippen LogP contribution in [0, 0.1) is 5.92 Å². The Kier molecular flexibility index (Phi) is 3.61. The second kappa shape index (κ2) is 5.23. The zero-order valence-corrected chi connectivity index (χ0v) is 12.1. The van der Waals surface area contributed by atoms with Crippen LogP contribution in [0.2, 0.25) is 0 Å². The largest absolute Gasteiger partial charge is 0.337 e.